The molecule has 0 spiro atoms. The fourth-order valence-corrected chi connectivity index (χ4v) is 1.34. The Kier molecular flexibility index (Phi) is 9.64. The van der Waals surface area contributed by atoms with Crippen molar-refractivity contribution in [3.05, 3.63) is 29.5 Å². The predicted octanol–water partition coefficient (Wildman–Crippen LogP) is 4.95. The molecule has 0 aliphatic heterocycles. The minimum atomic E-state index is -0.592. The number of nitrogens with zero attached hydrogens (tertiary/aromatic N) is 4. The summed E-state index contributed by atoms with van der Waals surface area (Å²) >= 11 is 5.61. The minimum absolute atomic E-state index is 0.201. The van der Waals surface area contributed by atoms with Crippen LogP contribution in [0.3, 0.4) is 0 Å². The van der Waals surface area contributed by atoms with E-state index in [1.54, 1.807) is 26.8 Å². The molecule has 0 amide bonds. The van der Waals surface area contributed by atoms with Gasteiger partial charge in [-0.25, -0.2) is 4.79 Å². The van der Waals surface area contributed by atoms with Gasteiger partial charge in [-0.05, 0) is 26.8 Å². The first-order valence-electron chi connectivity index (χ1n) is 7.79. The number of aromatic nitrogens is 4. The number of ether oxygens (including phenoxy) is 2. The van der Waals surface area contributed by atoms with Gasteiger partial charge in [0.1, 0.15) is 5.60 Å². The maximum Gasteiger partial charge on any atom is 0.435 e. The van der Waals surface area contributed by atoms with E-state index in [-0.39, 0.29) is 16.9 Å². The van der Waals surface area contributed by atoms with Gasteiger partial charge < -0.3 is 9.47 Å². The van der Waals surface area contributed by atoms with Crippen molar-refractivity contribution >= 4 is 17.7 Å². The quantitative estimate of drug-likeness (QED) is 0.757. The Morgan fingerprint density at radius 1 is 1.04 bits per heavy atom. The number of hydrogen-bond acceptors (Lipinski definition) is 6. The van der Waals surface area contributed by atoms with Crippen molar-refractivity contribution in [3.8, 4) is 11.8 Å². The van der Waals surface area contributed by atoms with Gasteiger partial charge in [0.05, 0.1) is 0 Å². The molecule has 2 rings (SSSR count). The molecule has 0 unspecified atom stereocenters. The first-order valence-corrected chi connectivity index (χ1v) is 8.17. The van der Waals surface area contributed by atoms with Crippen molar-refractivity contribution in [1.29, 1.82) is 0 Å². The molecular weight excluding hydrogens is 332 g/mol. The highest BCUT2D eigenvalue weighted by atomic mass is 35.5. The molecule has 0 aliphatic carbocycles. The zero-order chi connectivity index (χ0) is 18.8. The molecule has 8 heteroatoms. The summed E-state index contributed by atoms with van der Waals surface area (Å²) in [6.07, 6.45) is 0.849. The Bertz CT molecular complexity index is 607. The van der Waals surface area contributed by atoms with Crippen LogP contribution in [0.25, 0.3) is 0 Å². The van der Waals surface area contributed by atoms with E-state index in [9.17, 15) is 4.79 Å². The molecule has 0 N–H and O–H groups in total. The Morgan fingerprint density at radius 3 is 2.17 bits per heavy atom. The topological polar surface area (TPSA) is 79.1 Å². The van der Waals surface area contributed by atoms with Gasteiger partial charge in [0.15, 0.2) is 5.15 Å². The van der Waals surface area contributed by atoms with Crippen LogP contribution in [0, 0.1) is 0 Å². The van der Waals surface area contributed by atoms with Crippen LogP contribution in [-0.2, 0) is 4.74 Å². The van der Waals surface area contributed by atoms with Crippen LogP contribution in [0.15, 0.2) is 24.4 Å². The van der Waals surface area contributed by atoms with Crippen LogP contribution in [0.2, 0.25) is 5.15 Å². The average Bonchev–Trinajstić information content (AvgIpc) is 3.01. The molecule has 2 aromatic rings. The number of halogens is 1. The molecule has 0 aromatic carbocycles. The highest BCUT2D eigenvalue weighted by molar-refractivity contribution is 6.29. The van der Waals surface area contributed by atoms with Gasteiger partial charge in [0, 0.05) is 18.3 Å². The van der Waals surface area contributed by atoms with E-state index >= 15 is 0 Å². The highest BCUT2D eigenvalue weighted by Crippen LogP contribution is 2.17. The third-order valence-corrected chi connectivity index (χ3v) is 2.16. The molecule has 0 saturated heterocycles. The standard InChI is InChI=1S/C12H13ClN4O3.2C2H6/c1-12(2,3)20-11(18)17-7-6-10(16-17)19-9-5-4-8(13)14-15-9;2*1-2/h4-7H,1-3H3;2*1-2H3. The lowest BCUT2D eigenvalue weighted by Crippen LogP contribution is -2.27. The van der Waals surface area contributed by atoms with Crippen LogP contribution in [0.5, 0.6) is 11.8 Å². The van der Waals surface area contributed by atoms with Gasteiger partial charge in [-0.15, -0.1) is 15.3 Å². The number of hydrogen-bond donors (Lipinski definition) is 0. The largest absolute Gasteiger partial charge is 0.442 e. The first-order chi connectivity index (χ1) is 11.3. The number of carbonyl (C=O) groups excluding carboxylic acids is 1. The molecule has 0 fully saturated rings. The molecule has 134 valence electrons. The molecule has 0 bridgehead atoms. The van der Waals surface area contributed by atoms with Crippen molar-refractivity contribution in [2.45, 2.75) is 54.1 Å². The summed E-state index contributed by atoms with van der Waals surface area (Å²) in [5.41, 5.74) is -0.592. The predicted molar refractivity (Wildman–Crippen MR) is 93.7 cm³/mol. The molecule has 2 aromatic heterocycles. The van der Waals surface area contributed by atoms with E-state index in [4.69, 9.17) is 21.1 Å². The summed E-state index contributed by atoms with van der Waals surface area (Å²) in [5.74, 6) is 0.427. The van der Waals surface area contributed by atoms with E-state index < -0.39 is 11.7 Å². The van der Waals surface area contributed by atoms with Crippen LogP contribution >= 0.6 is 11.6 Å². The van der Waals surface area contributed by atoms with Gasteiger partial charge in [-0.1, -0.05) is 39.3 Å². The molecule has 24 heavy (non-hydrogen) atoms. The Labute approximate surface area is 147 Å². The third-order valence-electron chi connectivity index (χ3n) is 1.96. The lowest BCUT2D eigenvalue weighted by Gasteiger charge is -2.18. The smallest absolute Gasteiger partial charge is 0.435 e. The maximum absolute atomic E-state index is 11.7. The SMILES string of the molecule is CC.CC.CC(C)(C)OC(=O)n1ccc(Oc2ccc(Cl)nn2)n1. The van der Waals surface area contributed by atoms with Crippen molar-refractivity contribution in [1.82, 2.24) is 20.0 Å². The maximum atomic E-state index is 11.7. The number of carbonyl (C=O) groups is 1. The van der Waals surface area contributed by atoms with Crippen molar-refractivity contribution in [2.75, 3.05) is 0 Å². The van der Waals surface area contributed by atoms with Gasteiger partial charge in [-0.3, -0.25) is 0 Å². The van der Waals surface area contributed by atoms with E-state index in [0.29, 0.717) is 0 Å². The molecule has 0 aliphatic rings. The van der Waals surface area contributed by atoms with Crippen molar-refractivity contribution < 1.29 is 14.3 Å². The Morgan fingerprint density at radius 2 is 1.67 bits per heavy atom. The fourth-order valence-electron chi connectivity index (χ4n) is 1.24. The normalized spacial score (nSPS) is 9.83. The molecule has 0 saturated carbocycles. The summed E-state index contributed by atoms with van der Waals surface area (Å²) in [4.78, 5) is 11.7. The monoisotopic (exact) mass is 356 g/mol. The molecule has 2 heterocycles. The summed E-state index contributed by atoms with van der Waals surface area (Å²) in [5, 5.41) is 11.5. The van der Waals surface area contributed by atoms with E-state index in [1.165, 1.54) is 18.3 Å². The Balaban J connectivity index is 0.00000123. The van der Waals surface area contributed by atoms with Crippen molar-refractivity contribution in [3.63, 3.8) is 0 Å². The van der Waals surface area contributed by atoms with Crippen LogP contribution in [0.4, 0.5) is 4.79 Å². The van der Waals surface area contributed by atoms with Gasteiger partial charge in [-0.2, -0.15) is 4.68 Å². The van der Waals surface area contributed by atoms with E-state index in [2.05, 4.69) is 15.3 Å². The van der Waals surface area contributed by atoms with Crippen LogP contribution in [-0.4, -0.2) is 31.7 Å². The zero-order valence-corrected chi connectivity index (χ0v) is 16.0. The van der Waals surface area contributed by atoms with Crippen molar-refractivity contribution in [2.24, 2.45) is 0 Å². The molecule has 0 atom stereocenters. The van der Waals surface area contributed by atoms with E-state index in [1.807, 2.05) is 27.7 Å². The lowest BCUT2D eigenvalue weighted by atomic mass is 10.2. The fraction of sp³-hybridized carbons (Fsp3) is 0.500. The minimum Gasteiger partial charge on any atom is -0.442 e. The summed E-state index contributed by atoms with van der Waals surface area (Å²) in [7, 11) is 0. The highest BCUT2D eigenvalue weighted by Gasteiger charge is 2.18. The second-order valence-electron chi connectivity index (χ2n) is 4.88. The lowest BCUT2D eigenvalue weighted by molar-refractivity contribution is 0.0512. The van der Waals surface area contributed by atoms with Gasteiger partial charge in [0.25, 0.3) is 0 Å². The molecule has 7 nitrogen and oxygen atoms in total. The molecular formula is C16H25ClN4O3. The number of rotatable bonds is 2. The van der Waals surface area contributed by atoms with Crippen LogP contribution < -0.4 is 4.74 Å². The molecule has 0 radical (unpaired) electrons. The summed E-state index contributed by atoms with van der Waals surface area (Å²) in [6, 6.07) is 4.59. The second kappa shape index (κ2) is 10.6. The van der Waals surface area contributed by atoms with Gasteiger partial charge >= 0.3 is 6.09 Å². The Hall–Kier alpha value is -2.15. The second-order valence-corrected chi connectivity index (χ2v) is 5.26. The zero-order valence-electron chi connectivity index (χ0n) is 15.2. The first kappa shape index (κ1) is 21.9. The van der Waals surface area contributed by atoms with Crippen LogP contribution in [0.1, 0.15) is 48.5 Å². The average molecular weight is 357 g/mol. The van der Waals surface area contributed by atoms with Gasteiger partial charge in [0.2, 0.25) is 11.8 Å². The summed E-state index contributed by atoms with van der Waals surface area (Å²) < 4.78 is 11.5. The third kappa shape index (κ3) is 7.92. The van der Waals surface area contributed by atoms with E-state index in [0.717, 1.165) is 4.68 Å². The summed E-state index contributed by atoms with van der Waals surface area (Å²) in [6.45, 7) is 13.3.